The van der Waals surface area contributed by atoms with Crippen molar-refractivity contribution in [3.8, 4) is 11.3 Å². The quantitative estimate of drug-likeness (QED) is 0.514. The van der Waals surface area contributed by atoms with Crippen LogP contribution in [0.25, 0.3) is 11.3 Å². The van der Waals surface area contributed by atoms with Gasteiger partial charge in [0.05, 0.1) is 21.8 Å². The van der Waals surface area contributed by atoms with Crippen LogP contribution in [0.4, 0.5) is 0 Å². The second-order valence-electron chi connectivity index (χ2n) is 3.34. The van der Waals surface area contributed by atoms with Crippen molar-refractivity contribution in [3.05, 3.63) is 39.6 Å². The molecule has 88 valence electrons. The molecule has 4 nitrogen and oxygen atoms in total. The largest absolute Gasteiger partial charge is 0.411 e. The molecule has 1 aromatic heterocycles. The predicted molar refractivity (Wildman–Crippen MR) is 66.1 cm³/mol. The minimum absolute atomic E-state index is 0.455. The van der Waals surface area contributed by atoms with Crippen molar-refractivity contribution in [2.24, 2.45) is 5.16 Å². The van der Waals surface area contributed by atoms with Gasteiger partial charge < -0.3 is 9.73 Å². The van der Waals surface area contributed by atoms with Gasteiger partial charge in [-0.1, -0.05) is 39.6 Å². The molecule has 0 amide bonds. The average molecular weight is 271 g/mol. The van der Waals surface area contributed by atoms with Gasteiger partial charge in [-0.15, -0.1) is 0 Å². The van der Waals surface area contributed by atoms with Gasteiger partial charge in [-0.05, 0) is 19.1 Å². The average Bonchev–Trinajstić information content (AvgIpc) is 2.62. The lowest BCUT2D eigenvalue weighted by Gasteiger charge is -2.03. The Labute approximate surface area is 107 Å². The summed E-state index contributed by atoms with van der Waals surface area (Å²) >= 11 is 12.1. The molecule has 1 aromatic carbocycles. The first-order chi connectivity index (χ1) is 8.15. The summed E-state index contributed by atoms with van der Waals surface area (Å²) in [4.78, 5) is 0. The van der Waals surface area contributed by atoms with E-state index in [-0.39, 0.29) is 0 Å². The predicted octanol–water partition coefficient (Wildman–Crippen LogP) is 3.76. The summed E-state index contributed by atoms with van der Waals surface area (Å²) in [5.41, 5.74) is 1.56. The Morgan fingerprint density at radius 3 is 2.59 bits per heavy atom. The molecule has 0 aliphatic carbocycles. The summed E-state index contributed by atoms with van der Waals surface area (Å²) in [5, 5.41) is 16.4. The van der Waals surface area contributed by atoms with E-state index < -0.39 is 0 Å². The molecule has 2 aromatic rings. The van der Waals surface area contributed by atoms with E-state index in [1.54, 1.807) is 25.1 Å². The van der Waals surface area contributed by atoms with E-state index in [1.807, 2.05) is 0 Å². The molecule has 0 fully saturated rings. The van der Waals surface area contributed by atoms with E-state index >= 15 is 0 Å². The maximum Gasteiger partial charge on any atom is 0.143 e. The fraction of sp³-hybridized carbons (Fsp3) is 0.0909. The summed E-state index contributed by atoms with van der Waals surface area (Å²) in [7, 11) is 0. The zero-order valence-electron chi connectivity index (χ0n) is 8.82. The van der Waals surface area contributed by atoms with Crippen LogP contribution in [0.1, 0.15) is 11.3 Å². The van der Waals surface area contributed by atoms with Gasteiger partial charge in [0.15, 0.2) is 0 Å². The lowest BCUT2D eigenvalue weighted by Crippen LogP contribution is -1.89. The van der Waals surface area contributed by atoms with Gasteiger partial charge in [-0.25, -0.2) is 0 Å². The number of hydrogen-bond donors (Lipinski definition) is 1. The van der Waals surface area contributed by atoms with Gasteiger partial charge in [0, 0.05) is 5.56 Å². The number of rotatable bonds is 2. The molecule has 0 aliphatic heterocycles. The Balaban J connectivity index is 2.69. The van der Waals surface area contributed by atoms with E-state index in [1.165, 1.54) is 6.21 Å². The molecule has 17 heavy (non-hydrogen) atoms. The summed E-state index contributed by atoms with van der Waals surface area (Å²) < 4.78 is 5.04. The van der Waals surface area contributed by atoms with Crippen LogP contribution >= 0.6 is 23.2 Å². The molecule has 6 heteroatoms. The molecule has 2 rings (SSSR count). The molecule has 0 saturated carbocycles. The van der Waals surface area contributed by atoms with Crippen molar-refractivity contribution in [2.75, 3.05) is 0 Å². The van der Waals surface area contributed by atoms with Crippen molar-refractivity contribution < 1.29 is 9.73 Å². The molecule has 0 atom stereocenters. The Kier molecular flexibility index (Phi) is 3.36. The highest BCUT2D eigenvalue weighted by Gasteiger charge is 2.18. The van der Waals surface area contributed by atoms with Gasteiger partial charge >= 0.3 is 0 Å². The first kappa shape index (κ1) is 12.0. The van der Waals surface area contributed by atoms with Gasteiger partial charge in [0.25, 0.3) is 0 Å². The summed E-state index contributed by atoms with van der Waals surface area (Å²) in [6, 6.07) is 5.14. The molecule has 1 heterocycles. The Bertz CT molecular complexity index is 559. The monoisotopic (exact) mass is 270 g/mol. The minimum Gasteiger partial charge on any atom is -0.411 e. The van der Waals surface area contributed by atoms with E-state index in [0.29, 0.717) is 32.6 Å². The molecule has 0 aliphatic rings. The van der Waals surface area contributed by atoms with Crippen LogP contribution in [0.15, 0.2) is 27.9 Å². The zero-order valence-corrected chi connectivity index (χ0v) is 10.3. The number of nitrogens with zero attached hydrogens (tertiary/aromatic N) is 2. The second-order valence-corrected chi connectivity index (χ2v) is 4.16. The van der Waals surface area contributed by atoms with Crippen molar-refractivity contribution in [2.45, 2.75) is 6.92 Å². The normalized spacial score (nSPS) is 11.2. The molecule has 0 saturated heterocycles. The number of aromatic nitrogens is 1. The zero-order chi connectivity index (χ0) is 12.4. The lowest BCUT2D eigenvalue weighted by molar-refractivity contribution is 0.321. The maximum absolute atomic E-state index is 8.61. The minimum atomic E-state index is 0.455. The molecule has 1 N–H and O–H groups in total. The number of oxime groups is 1. The van der Waals surface area contributed by atoms with Crippen molar-refractivity contribution in [1.82, 2.24) is 5.16 Å². The van der Waals surface area contributed by atoms with Gasteiger partial charge in [-0.2, -0.15) is 0 Å². The Hall–Kier alpha value is -1.52. The number of aryl methyl sites for hydroxylation is 1. The summed E-state index contributed by atoms with van der Waals surface area (Å²) in [6.45, 7) is 1.71. The number of halogens is 2. The van der Waals surface area contributed by atoms with E-state index in [0.717, 1.165) is 0 Å². The fourth-order valence-electron chi connectivity index (χ4n) is 1.49. The van der Waals surface area contributed by atoms with Crippen LogP contribution < -0.4 is 0 Å². The highest BCUT2D eigenvalue weighted by molar-refractivity contribution is 6.39. The first-order valence-electron chi connectivity index (χ1n) is 4.73. The lowest BCUT2D eigenvalue weighted by atomic mass is 10.1. The van der Waals surface area contributed by atoms with Crippen LogP contribution in [-0.4, -0.2) is 16.6 Å². The Morgan fingerprint density at radius 1 is 1.35 bits per heavy atom. The Morgan fingerprint density at radius 2 is 2.00 bits per heavy atom. The van der Waals surface area contributed by atoms with E-state index in [2.05, 4.69) is 10.3 Å². The van der Waals surface area contributed by atoms with Crippen molar-refractivity contribution in [1.29, 1.82) is 0 Å². The van der Waals surface area contributed by atoms with Crippen LogP contribution in [0, 0.1) is 6.92 Å². The highest BCUT2D eigenvalue weighted by atomic mass is 35.5. The molecule has 0 bridgehead atoms. The SMILES string of the molecule is Cc1onc(-c2c(Cl)cccc2Cl)c1/C=N\O. The third-order valence-electron chi connectivity index (χ3n) is 2.29. The van der Waals surface area contributed by atoms with E-state index in [9.17, 15) is 0 Å². The van der Waals surface area contributed by atoms with Crippen molar-refractivity contribution in [3.63, 3.8) is 0 Å². The highest BCUT2D eigenvalue weighted by Crippen LogP contribution is 2.35. The smallest absolute Gasteiger partial charge is 0.143 e. The molecule has 0 unspecified atom stereocenters. The van der Waals surface area contributed by atoms with Crippen LogP contribution in [0.5, 0.6) is 0 Å². The third kappa shape index (κ3) is 2.14. The van der Waals surface area contributed by atoms with Crippen LogP contribution in [0.3, 0.4) is 0 Å². The second kappa shape index (κ2) is 4.77. The third-order valence-corrected chi connectivity index (χ3v) is 2.92. The molecule has 0 radical (unpaired) electrons. The van der Waals surface area contributed by atoms with Crippen LogP contribution in [0.2, 0.25) is 10.0 Å². The van der Waals surface area contributed by atoms with Gasteiger partial charge in [0.2, 0.25) is 0 Å². The summed E-state index contributed by atoms with van der Waals surface area (Å²) in [6.07, 6.45) is 1.24. The first-order valence-corrected chi connectivity index (χ1v) is 5.49. The maximum atomic E-state index is 8.61. The topological polar surface area (TPSA) is 58.6 Å². The molecular weight excluding hydrogens is 263 g/mol. The number of benzene rings is 1. The number of hydrogen-bond acceptors (Lipinski definition) is 4. The van der Waals surface area contributed by atoms with Gasteiger partial charge in [-0.3, -0.25) is 0 Å². The van der Waals surface area contributed by atoms with E-state index in [4.69, 9.17) is 32.9 Å². The standard InChI is InChI=1S/C11H8Cl2N2O2/c1-6-7(5-14-16)11(15-17-6)10-8(12)3-2-4-9(10)13/h2-5,16H,1H3/b14-5-. The molecule has 0 spiro atoms. The fourth-order valence-corrected chi connectivity index (χ4v) is 2.07. The van der Waals surface area contributed by atoms with Gasteiger partial charge in [0.1, 0.15) is 11.5 Å². The van der Waals surface area contributed by atoms with Crippen molar-refractivity contribution >= 4 is 29.4 Å². The summed E-state index contributed by atoms with van der Waals surface area (Å²) in [5.74, 6) is 0.522. The van der Waals surface area contributed by atoms with Crippen LogP contribution in [-0.2, 0) is 0 Å². The molecular formula is C11H8Cl2N2O2.